The number of likely N-dealkylation sites (N-methyl/N-ethyl adjacent to an activating group) is 1. The molecule has 0 radical (unpaired) electrons. The molecule has 0 unspecified atom stereocenters. The van der Waals surface area contributed by atoms with E-state index in [0.717, 1.165) is 36.0 Å². The Morgan fingerprint density at radius 1 is 1.37 bits per heavy atom. The fourth-order valence-corrected chi connectivity index (χ4v) is 2.55. The first-order valence-electron chi connectivity index (χ1n) is 6.74. The number of carbonyl (C=O) groups excluding carboxylic acids is 1. The molecule has 0 aromatic carbocycles. The van der Waals surface area contributed by atoms with Crippen molar-refractivity contribution in [3.8, 4) is 0 Å². The summed E-state index contributed by atoms with van der Waals surface area (Å²) in [4.78, 5) is 18.7. The number of anilines is 1. The van der Waals surface area contributed by atoms with Crippen molar-refractivity contribution in [1.29, 1.82) is 0 Å². The van der Waals surface area contributed by atoms with Gasteiger partial charge in [0.1, 0.15) is 10.4 Å². The van der Waals surface area contributed by atoms with E-state index in [0.29, 0.717) is 5.82 Å². The molecule has 1 aliphatic rings. The van der Waals surface area contributed by atoms with Gasteiger partial charge in [-0.05, 0) is 67.3 Å². The quantitative estimate of drug-likeness (QED) is 0.746. The highest BCUT2D eigenvalue weighted by molar-refractivity contribution is 9.10. The van der Waals surface area contributed by atoms with E-state index in [9.17, 15) is 4.79 Å². The van der Waals surface area contributed by atoms with Crippen LogP contribution in [-0.4, -0.2) is 35.4 Å². The molecule has 5 heteroatoms. The lowest BCUT2D eigenvalue weighted by Gasteiger charge is -2.23. The average Bonchev–Trinajstić information content (AvgIpc) is 2.40. The Bertz CT molecular complexity index is 464. The second-order valence-corrected chi connectivity index (χ2v) is 5.91. The Balaban J connectivity index is 2.26. The Morgan fingerprint density at radius 2 is 2.16 bits per heavy atom. The predicted molar refractivity (Wildman–Crippen MR) is 80.2 cm³/mol. The average molecular weight is 326 g/mol. The van der Waals surface area contributed by atoms with E-state index >= 15 is 0 Å². The Kier molecular flexibility index (Phi) is 4.93. The molecular weight excluding hydrogens is 306 g/mol. The van der Waals surface area contributed by atoms with Crippen LogP contribution in [0.2, 0.25) is 0 Å². The highest BCUT2D eigenvalue weighted by Gasteiger charge is 2.20. The highest BCUT2D eigenvalue weighted by Crippen LogP contribution is 2.21. The third-order valence-electron chi connectivity index (χ3n) is 3.68. The van der Waals surface area contributed by atoms with Gasteiger partial charge >= 0.3 is 0 Å². The summed E-state index contributed by atoms with van der Waals surface area (Å²) in [5, 5.41) is 2.96. The first-order chi connectivity index (χ1) is 9.08. The molecule has 4 nitrogen and oxygen atoms in total. The maximum Gasteiger partial charge on any atom is 0.242 e. The van der Waals surface area contributed by atoms with E-state index in [-0.39, 0.29) is 11.9 Å². The number of nitrogens with zero attached hydrogens (tertiary/aromatic N) is 2. The minimum atomic E-state index is -0.133. The molecule has 2 rings (SSSR count). The van der Waals surface area contributed by atoms with Gasteiger partial charge < -0.3 is 5.32 Å². The van der Waals surface area contributed by atoms with E-state index in [1.54, 1.807) is 0 Å². The minimum Gasteiger partial charge on any atom is -0.309 e. The number of hydrogen-bond donors (Lipinski definition) is 1. The monoisotopic (exact) mass is 325 g/mol. The van der Waals surface area contributed by atoms with Crippen LogP contribution in [0.3, 0.4) is 0 Å². The molecule has 1 atom stereocenters. The van der Waals surface area contributed by atoms with Gasteiger partial charge in [-0.3, -0.25) is 9.69 Å². The van der Waals surface area contributed by atoms with E-state index in [1.807, 2.05) is 26.1 Å². The summed E-state index contributed by atoms with van der Waals surface area (Å²) < 4.78 is 0.752. The van der Waals surface area contributed by atoms with Gasteiger partial charge in [0.25, 0.3) is 0 Å². The summed E-state index contributed by atoms with van der Waals surface area (Å²) in [6.07, 6.45) is 4.41. The zero-order chi connectivity index (χ0) is 13.8. The highest BCUT2D eigenvalue weighted by atomic mass is 79.9. The van der Waals surface area contributed by atoms with Gasteiger partial charge in [-0.2, -0.15) is 0 Å². The summed E-state index contributed by atoms with van der Waals surface area (Å²) in [6, 6.07) is 3.84. The number of rotatable bonds is 0. The number of fused-ring (bicyclic) bond motifs is 1. The number of aryl methyl sites for hydroxylation is 1. The molecule has 0 bridgehead atoms. The van der Waals surface area contributed by atoms with Crippen molar-refractivity contribution < 1.29 is 4.79 Å². The first kappa shape index (κ1) is 14.5. The lowest BCUT2D eigenvalue weighted by Crippen LogP contribution is -2.40. The molecule has 0 fully saturated rings. The Labute approximate surface area is 122 Å². The van der Waals surface area contributed by atoms with Crippen LogP contribution in [0.1, 0.15) is 31.7 Å². The van der Waals surface area contributed by atoms with Crippen LogP contribution in [-0.2, 0) is 11.2 Å². The molecule has 0 spiro atoms. The number of hydrogen-bond acceptors (Lipinski definition) is 3. The predicted octanol–water partition coefficient (Wildman–Crippen LogP) is 2.83. The van der Waals surface area contributed by atoms with Gasteiger partial charge in [-0.25, -0.2) is 4.98 Å². The third kappa shape index (κ3) is 3.76. The van der Waals surface area contributed by atoms with Gasteiger partial charge in [-0.1, -0.05) is 12.5 Å². The molecule has 1 aliphatic heterocycles. The molecule has 19 heavy (non-hydrogen) atoms. The van der Waals surface area contributed by atoms with Crippen molar-refractivity contribution in [1.82, 2.24) is 9.88 Å². The summed E-state index contributed by atoms with van der Waals surface area (Å²) in [7, 11) is 2.00. The zero-order valence-corrected chi connectivity index (χ0v) is 13.0. The summed E-state index contributed by atoms with van der Waals surface area (Å²) in [5.74, 6) is 0.706. The molecule has 0 saturated heterocycles. The Hall–Kier alpha value is -0.940. The van der Waals surface area contributed by atoms with Crippen LogP contribution in [0.4, 0.5) is 5.82 Å². The minimum absolute atomic E-state index is 0.0104. The van der Waals surface area contributed by atoms with Gasteiger partial charge in [0, 0.05) is 0 Å². The number of halogens is 1. The number of amides is 1. The maximum atomic E-state index is 12.2. The van der Waals surface area contributed by atoms with Gasteiger partial charge in [-0.15, -0.1) is 0 Å². The first-order valence-corrected chi connectivity index (χ1v) is 7.54. The van der Waals surface area contributed by atoms with Crippen molar-refractivity contribution in [2.75, 3.05) is 18.9 Å². The molecule has 1 aromatic heterocycles. The normalized spacial score (nSPS) is 22.3. The fraction of sp³-hybridized carbons (Fsp3) is 0.571. The van der Waals surface area contributed by atoms with Crippen molar-refractivity contribution >= 4 is 27.7 Å². The van der Waals surface area contributed by atoms with E-state index < -0.39 is 0 Å². The van der Waals surface area contributed by atoms with Crippen molar-refractivity contribution in [2.45, 2.75) is 38.6 Å². The number of nitrogens with one attached hydrogen (secondary N) is 1. The molecule has 0 saturated carbocycles. The maximum absolute atomic E-state index is 12.2. The van der Waals surface area contributed by atoms with Crippen LogP contribution >= 0.6 is 15.9 Å². The molecule has 1 amide bonds. The second kappa shape index (κ2) is 6.48. The van der Waals surface area contributed by atoms with Crippen molar-refractivity contribution in [3.05, 3.63) is 22.3 Å². The van der Waals surface area contributed by atoms with E-state index in [4.69, 9.17) is 0 Å². The molecule has 2 heterocycles. The summed E-state index contributed by atoms with van der Waals surface area (Å²) in [6.45, 7) is 2.90. The van der Waals surface area contributed by atoms with Crippen molar-refractivity contribution in [3.63, 3.8) is 0 Å². The molecule has 104 valence electrons. The lowest BCUT2D eigenvalue weighted by molar-refractivity contribution is -0.120. The van der Waals surface area contributed by atoms with Crippen LogP contribution in [0, 0.1) is 0 Å². The molecule has 1 aromatic rings. The number of carbonyl (C=O) groups is 1. The Morgan fingerprint density at radius 3 is 2.95 bits per heavy atom. The SMILES string of the molecule is C[C@H]1C(=O)Nc2nc(Br)ccc2CCCCCN1C. The van der Waals surface area contributed by atoms with Crippen molar-refractivity contribution in [2.24, 2.45) is 0 Å². The summed E-state index contributed by atoms with van der Waals surface area (Å²) in [5.41, 5.74) is 1.12. The van der Waals surface area contributed by atoms with Gasteiger partial charge in [0.2, 0.25) is 5.91 Å². The molecule has 0 aliphatic carbocycles. The fourth-order valence-electron chi connectivity index (χ4n) is 2.24. The van der Waals surface area contributed by atoms with Crippen LogP contribution < -0.4 is 5.32 Å². The number of aromatic nitrogens is 1. The van der Waals surface area contributed by atoms with Gasteiger partial charge in [0.05, 0.1) is 6.04 Å². The third-order valence-corrected chi connectivity index (χ3v) is 4.13. The largest absolute Gasteiger partial charge is 0.309 e. The number of pyridine rings is 1. The van der Waals surface area contributed by atoms with Gasteiger partial charge in [0.15, 0.2) is 0 Å². The smallest absolute Gasteiger partial charge is 0.242 e. The standard InChI is InChI=1S/C14H20BrN3O/c1-10-14(19)17-13-11(7-8-12(15)16-13)6-4-3-5-9-18(10)2/h7-8,10H,3-6,9H2,1-2H3,(H,16,17,19)/t10-/m0/s1. The van der Waals surface area contributed by atoms with Crippen LogP contribution in [0.25, 0.3) is 0 Å². The zero-order valence-electron chi connectivity index (χ0n) is 11.4. The molecule has 1 N–H and O–H groups in total. The molecular formula is C14H20BrN3O. The lowest BCUT2D eigenvalue weighted by atomic mass is 10.1. The van der Waals surface area contributed by atoms with Crippen LogP contribution in [0.15, 0.2) is 16.7 Å². The van der Waals surface area contributed by atoms with Crippen LogP contribution in [0.5, 0.6) is 0 Å². The summed E-state index contributed by atoms with van der Waals surface area (Å²) >= 11 is 3.36. The second-order valence-electron chi connectivity index (χ2n) is 5.10. The van der Waals surface area contributed by atoms with E-state index in [2.05, 4.69) is 31.1 Å². The topological polar surface area (TPSA) is 45.2 Å². The van der Waals surface area contributed by atoms with E-state index in [1.165, 1.54) is 6.42 Å².